The maximum atomic E-state index is 12.0. The summed E-state index contributed by atoms with van der Waals surface area (Å²) in [4.78, 5) is 23.0. The van der Waals surface area contributed by atoms with Crippen LogP contribution in [0, 0.1) is 0 Å². The molecule has 108 valence electrons. The minimum absolute atomic E-state index is 0.131. The summed E-state index contributed by atoms with van der Waals surface area (Å²) >= 11 is 11.2. The number of benzene rings is 1. The van der Waals surface area contributed by atoms with Crippen LogP contribution in [0.1, 0.15) is 18.4 Å². The van der Waals surface area contributed by atoms with Gasteiger partial charge in [-0.3, -0.25) is 4.79 Å². The number of carboxylic acids is 1. The van der Waals surface area contributed by atoms with Crippen molar-refractivity contribution in [1.29, 1.82) is 0 Å². The molecule has 1 aromatic carbocycles. The highest BCUT2D eigenvalue weighted by atomic mass is 35.5. The Morgan fingerprint density at radius 1 is 1.40 bits per heavy atom. The van der Waals surface area contributed by atoms with Crippen molar-refractivity contribution in [3.05, 3.63) is 33.8 Å². The molecule has 1 aliphatic heterocycles. The number of hydrogen-bond donors (Lipinski definition) is 2. The molecule has 0 bridgehead atoms. The van der Waals surface area contributed by atoms with Gasteiger partial charge in [-0.15, -0.1) is 0 Å². The maximum Gasteiger partial charge on any atom is 0.359 e. The third-order valence-corrected chi connectivity index (χ3v) is 5.99. The molecule has 2 rings (SSSR count). The van der Waals surface area contributed by atoms with Crippen molar-refractivity contribution in [2.24, 2.45) is 0 Å². The van der Waals surface area contributed by atoms with E-state index in [4.69, 9.17) is 28.3 Å². The molecule has 1 aliphatic rings. The molecule has 0 radical (unpaired) electrons. The molecule has 1 amide bonds. The Labute approximate surface area is 129 Å². The first-order chi connectivity index (χ1) is 9.47. The highest BCUT2D eigenvalue weighted by Gasteiger charge is 2.43. The summed E-state index contributed by atoms with van der Waals surface area (Å²) in [6, 6.07) is 4.97. The lowest BCUT2D eigenvalue weighted by Crippen LogP contribution is -2.40. The summed E-state index contributed by atoms with van der Waals surface area (Å²) in [5.41, 5.74) is 0.684. The molecule has 1 heterocycles. The van der Waals surface area contributed by atoms with Gasteiger partial charge in [0.1, 0.15) is 16.8 Å². The van der Waals surface area contributed by atoms with Gasteiger partial charge in [0.2, 0.25) is 5.25 Å². The second kappa shape index (κ2) is 6.70. The standard InChI is InChI=1S/C13H13Cl2NO3S/c14-9-4-3-8(10(15)7-9)6-12(17)16-20-5-1-2-11(20)13(18)19/h3-4,7,11H,1-2,5-6H2,(H-,16,17,18,19)/p+1. The SMILES string of the molecule is O=C(Cc1ccc(Cl)cc1Cl)N[S+]1CCCC1C(=O)O. The molecule has 4 nitrogen and oxygen atoms in total. The Hall–Kier alpha value is -0.910. The van der Waals surface area contributed by atoms with Crippen molar-refractivity contribution >= 4 is 46.2 Å². The van der Waals surface area contributed by atoms with Crippen LogP contribution in [-0.2, 0) is 27.1 Å². The monoisotopic (exact) mass is 334 g/mol. The smallest absolute Gasteiger partial charge is 0.359 e. The van der Waals surface area contributed by atoms with E-state index in [9.17, 15) is 9.59 Å². The molecule has 7 heteroatoms. The fourth-order valence-corrected chi connectivity index (χ4v) is 4.64. The van der Waals surface area contributed by atoms with Crippen molar-refractivity contribution in [3.63, 3.8) is 0 Å². The van der Waals surface area contributed by atoms with Crippen LogP contribution in [0.3, 0.4) is 0 Å². The summed E-state index contributed by atoms with van der Waals surface area (Å²) in [6.45, 7) is 0. The second-order valence-corrected chi connectivity index (χ2v) is 7.42. The third kappa shape index (κ3) is 3.81. The molecule has 2 unspecified atom stereocenters. The van der Waals surface area contributed by atoms with Gasteiger partial charge >= 0.3 is 5.97 Å². The normalized spacial score (nSPS) is 21.7. The molecule has 2 N–H and O–H groups in total. The fraction of sp³-hybridized carbons (Fsp3) is 0.385. The molecule has 1 aromatic rings. The molecular formula is C13H14Cl2NO3S+. The molecule has 0 aromatic heterocycles. The first-order valence-corrected chi connectivity index (χ1v) is 8.34. The molecule has 0 saturated carbocycles. The van der Waals surface area contributed by atoms with Gasteiger partial charge in [0.05, 0.1) is 6.42 Å². The van der Waals surface area contributed by atoms with Crippen LogP contribution < -0.4 is 4.72 Å². The minimum Gasteiger partial charge on any atom is -0.477 e. The van der Waals surface area contributed by atoms with Gasteiger partial charge in [0.25, 0.3) is 5.91 Å². The summed E-state index contributed by atoms with van der Waals surface area (Å²) in [7, 11) is 0. The van der Waals surface area contributed by atoms with E-state index in [0.717, 1.165) is 12.2 Å². The average Bonchev–Trinajstić information content (AvgIpc) is 2.81. The Kier molecular flexibility index (Phi) is 5.18. The topological polar surface area (TPSA) is 66.4 Å². The van der Waals surface area contributed by atoms with Gasteiger partial charge < -0.3 is 5.11 Å². The zero-order chi connectivity index (χ0) is 14.7. The molecular weight excluding hydrogens is 321 g/mol. The van der Waals surface area contributed by atoms with Crippen molar-refractivity contribution in [1.82, 2.24) is 4.72 Å². The molecule has 0 aliphatic carbocycles. The molecule has 1 fully saturated rings. The molecule has 20 heavy (non-hydrogen) atoms. The Morgan fingerprint density at radius 2 is 2.15 bits per heavy atom. The number of carbonyl (C=O) groups excluding carboxylic acids is 1. The highest BCUT2D eigenvalue weighted by molar-refractivity contribution is 7.97. The Bertz CT molecular complexity index is 538. The molecule has 1 saturated heterocycles. The number of rotatable bonds is 4. The Balaban J connectivity index is 1.97. The number of halogens is 2. The van der Waals surface area contributed by atoms with Gasteiger partial charge in [0, 0.05) is 16.5 Å². The van der Waals surface area contributed by atoms with Crippen LogP contribution in [0.2, 0.25) is 10.0 Å². The maximum absolute atomic E-state index is 12.0. The summed E-state index contributed by atoms with van der Waals surface area (Å²) < 4.78 is 2.82. The number of hydrogen-bond acceptors (Lipinski definition) is 2. The summed E-state index contributed by atoms with van der Waals surface area (Å²) in [5.74, 6) is -0.307. The largest absolute Gasteiger partial charge is 0.477 e. The van der Waals surface area contributed by atoms with Gasteiger partial charge in [-0.05, 0) is 24.1 Å². The predicted octanol–water partition coefficient (Wildman–Crippen LogP) is 2.43. The number of carbonyl (C=O) groups is 2. The van der Waals surface area contributed by atoms with Gasteiger partial charge in [0.15, 0.2) is 0 Å². The fourth-order valence-electron chi connectivity index (χ4n) is 2.10. The van der Waals surface area contributed by atoms with E-state index in [1.54, 1.807) is 18.2 Å². The van der Waals surface area contributed by atoms with E-state index >= 15 is 0 Å². The molecule has 0 spiro atoms. The number of carboxylic acid groups (broad SMARTS) is 1. The van der Waals surface area contributed by atoms with Crippen LogP contribution in [0.25, 0.3) is 0 Å². The molecule has 2 atom stereocenters. The van der Waals surface area contributed by atoms with Gasteiger partial charge in [-0.1, -0.05) is 29.3 Å². The second-order valence-electron chi connectivity index (χ2n) is 4.54. The first-order valence-electron chi connectivity index (χ1n) is 6.13. The van der Waals surface area contributed by atoms with Crippen molar-refractivity contribution in [2.45, 2.75) is 24.5 Å². The van der Waals surface area contributed by atoms with Crippen LogP contribution >= 0.6 is 23.2 Å². The zero-order valence-electron chi connectivity index (χ0n) is 10.6. The van der Waals surface area contributed by atoms with E-state index in [1.165, 1.54) is 0 Å². The third-order valence-electron chi connectivity index (χ3n) is 3.06. The van der Waals surface area contributed by atoms with Crippen LogP contribution in [0.4, 0.5) is 0 Å². The van der Waals surface area contributed by atoms with E-state index in [0.29, 0.717) is 22.0 Å². The average molecular weight is 335 g/mol. The van der Waals surface area contributed by atoms with Crippen molar-refractivity contribution < 1.29 is 14.7 Å². The minimum atomic E-state index is -0.837. The van der Waals surface area contributed by atoms with E-state index in [1.807, 2.05) is 0 Å². The summed E-state index contributed by atoms with van der Waals surface area (Å²) in [5, 5.41) is 9.58. The lowest BCUT2D eigenvalue weighted by atomic mass is 10.1. The number of nitrogens with one attached hydrogen (secondary N) is 1. The number of amides is 1. The lowest BCUT2D eigenvalue weighted by molar-refractivity contribution is -0.136. The summed E-state index contributed by atoms with van der Waals surface area (Å²) in [6.07, 6.45) is 1.59. The van der Waals surface area contributed by atoms with E-state index in [-0.39, 0.29) is 12.3 Å². The first kappa shape index (κ1) is 15.5. The quantitative estimate of drug-likeness (QED) is 0.831. The van der Waals surface area contributed by atoms with Crippen molar-refractivity contribution in [3.8, 4) is 0 Å². The van der Waals surface area contributed by atoms with Gasteiger partial charge in [-0.25, -0.2) is 4.79 Å². The lowest BCUT2D eigenvalue weighted by Gasteiger charge is -2.08. The Morgan fingerprint density at radius 3 is 2.80 bits per heavy atom. The van der Waals surface area contributed by atoms with Crippen molar-refractivity contribution in [2.75, 3.05) is 5.75 Å². The van der Waals surface area contributed by atoms with E-state index < -0.39 is 22.3 Å². The predicted molar refractivity (Wildman–Crippen MR) is 81.2 cm³/mol. The van der Waals surface area contributed by atoms with Crippen LogP contribution in [-0.4, -0.2) is 28.0 Å². The zero-order valence-corrected chi connectivity index (χ0v) is 12.9. The van der Waals surface area contributed by atoms with Crippen LogP contribution in [0.5, 0.6) is 0 Å². The van der Waals surface area contributed by atoms with E-state index in [2.05, 4.69) is 4.72 Å². The van der Waals surface area contributed by atoms with Gasteiger partial charge in [-0.2, -0.15) is 4.72 Å². The number of aliphatic carboxylic acids is 1. The highest BCUT2D eigenvalue weighted by Crippen LogP contribution is 2.23. The van der Waals surface area contributed by atoms with Crippen LogP contribution in [0.15, 0.2) is 18.2 Å².